The third-order valence-electron chi connectivity index (χ3n) is 3.70. The van der Waals surface area contributed by atoms with Gasteiger partial charge in [0.1, 0.15) is 5.82 Å². The summed E-state index contributed by atoms with van der Waals surface area (Å²) >= 11 is 0. The number of nitrogens with one attached hydrogen (secondary N) is 1. The SMILES string of the molecule is Cc1nccn1CCNCC1(C)CCOCC1. The molecular formula is C13H23N3O. The molecule has 0 radical (unpaired) electrons. The predicted octanol–water partition coefficient (Wildman–Crippen LogP) is 1.60. The Kier molecular flexibility index (Phi) is 4.18. The lowest BCUT2D eigenvalue weighted by atomic mass is 9.82. The summed E-state index contributed by atoms with van der Waals surface area (Å²) in [5, 5.41) is 3.56. The molecule has 0 spiro atoms. The van der Waals surface area contributed by atoms with Gasteiger partial charge in [0.05, 0.1) is 0 Å². The fourth-order valence-corrected chi connectivity index (χ4v) is 2.27. The normalized spacial score (nSPS) is 19.4. The first-order chi connectivity index (χ1) is 8.20. The standard InChI is InChI=1S/C13H23N3O/c1-12-15-6-8-16(12)7-5-14-11-13(2)3-9-17-10-4-13/h6,8,14H,3-5,7,9-11H2,1-2H3. The van der Waals surface area contributed by atoms with Crippen LogP contribution in [0, 0.1) is 12.3 Å². The van der Waals surface area contributed by atoms with E-state index < -0.39 is 0 Å². The molecule has 0 aromatic carbocycles. The number of nitrogens with zero attached hydrogens (tertiary/aromatic N) is 2. The Morgan fingerprint density at radius 2 is 2.24 bits per heavy atom. The molecule has 0 unspecified atom stereocenters. The molecule has 1 aromatic rings. The Morgan fingerprint density at radius 1 is 1.47 bits per heavy atom. The summed E-state index contributed by atoms with van der Waals surface area (Å²) in [7, 11) is 0. The van der Waals surface area contributed by atoms with Crippen molar-refractivity contribution < 1.29 is 4.74 Å². The van der Waals surface area contributed by atoms with Crippen molar-refractivity contribution in [3.63, 3.8) is 0 Å². The summed E-state index contributed by atoms with van der Waals surface area (Å²) in [4.78, 5) is 4.22. The summed E-state index contributed by atoms with van der Waals surface area (Å²) in [6.07, 6.45) is 6.23. The van der Waals surface area contributed by atoms with Gasteiger partial charge in [0, 0.05) is 45.2 Å². The monoisotopic (exact) mass is 237 g/mol. The number of ether oxygens (including phenoxy) is 1. The molecule has 0 saturated carbocycles. The van der Waals surface area contributed by atoms with E-state index in [1.165, 1.54) is 12.8 Å². The van der Waals surface area contributed by atoms with Crippen molar-refractivity contribution in [1.29, 1.82) is 0 Å². The highest BCUT2D eigenvalue weighted by Crippen LogP contribution is 2.28. The highest BCUT2D eigenvalue weighted by Gasteiger charge is 2.26. The topological polar surface area (TPSA) is 39.1 Å². The van der Waals surface area contributed by atoms with Crippen LogP contribution < -0.4 is 5.32 Å². The van der Waals surface area contributed by atoms with Gasteiger partial charge in [0.2, 0.25) is 0 Å². The highest BCUT2D eigenvalue weighted by molar-refractivity contribution is 4.88. The minimum atomic E-state index is 0.419. The van der Waals surface area contributed by atoms with Crippen molar-refractivity contribution in [3.05, 3.63) is 18.2 Å². The van der Waals surface area contributed by atoms with Crippen molar-refractivity contribution in [2.75, 3.05) is 26.3 Å². The van der Waals surface area contributed by atoms with Crippen molar-refractivity contribution in [1.82, 2.24) is 14.9 Å². The Labute approximate surface area is 103 Å². The van der Waals surface area contributed by atoms with Gasteiger partial charge in [-0.2, -0.15) is 0 Å². The number of hydrogen-bond donors (Lipinski definition) is 1. The van der Waals surface area contributed by atoms with Crippen molar-refractivity contribution in [2.45, 2.75) is 33.2 Å². The third-order valence-corrected chi connectivity index (χ3v) is 3.70. The minimum Gasteiger partial charge on any atom is -0.381 e. The van der Waals surface area contributed by atoms with Crippen molar-refractivity contribution in [2.24, 2.45) is 5.41 Å². The van der Waals surface area contributed by atoms with E-state index in [0.717, 1.165) is 38.7 Å². The van der Waals surface area contributed by atoms with Gasteiger partial charge in [0.25, 0.3) is 0 Å². The van der Waals surface area contributed by atoms with Crippen LogP contribution in [0.1, 0.15) is 25.6 Å². The summed E-state index contributed by atoms with van der Waals surface area (Å²) in [5.41, 5.74) is 0.419. The molecule has 1 aromatic heterocycles. The molecule has 1 aliphatic heterocycles. The molecule has 0 aliphatic carbocycles. The van der Waals surface area contributed by atoms with Crippen LogP contribution in [0.5, 0.6) is 0 Å². The lowest BCUT2D eigenvalue weighted by Gasteiger charge is -2.33. The Morgan fingerprint density at radius 3 is 2.88 bits per heavy atom. The first kappa shape index (κ1) is 12.6. The maximum atomic E-state index is 5.41. The molecule has 4 heteroatoms. The van der Waals surface area contributed by atoms with Gasteiger partial charge in [0.15, 0.2) is 0 Å². The van der Waals surface area contributed by atoms with E-state index >= 15 is 0 Å². The van der Waals surface area contributed by atoms with Crippen LogP contribution >= 0.6 is 0 Å². The predicted molar refractivity (Wildman–Crippen MR) is 68.0 cm³/mol. The van der Waals surface area contributed by atoms with E-state index in [-0.39, 0.29) is 0 Å². The summed E-state index contributed by atoms with van der Waals surface area (Å²) in [6.45, 7) is 9.32. The summed E-state index contributed by atoms with van der Waals surface area (Å²) in [5.74, 6) is 1.09. The Balaban J connectivity index is 1.67. The lowest BCUT2D eigenvalue weighted by molar-refractivity contribution is 0.0241. The molecule has 2 rings (SSSR count). The average molecular weight is 237 g/mol. The number of hydrogen-bond acceptors (Lipinski definition) is 3. The zero-order chi connectivity index (χ0) is 12.1. The smallest absolute Gasteiger partial charge is 0.105 e. The van der Waals surface area contributed by atoms with Gasteiger partial charge in [-0.1, -0.05) is 6.92 Å². The fourth-order valence-electron chi connectivity index (χ4n) is 2.27. The van der Waals surface area contributed by atoms with E-state index in [0.29, 0.717) is 5.41 Å². The van der Waals surface area contributed by atoms with E-state index in [1.807, 2.05) is 19.3 Å². The van der Waals surface area contributed by atoms with Gasteiger partial charge in [-0.3, -0.25) is 0 Å². The molecule has 1 saturated heterocycles. The Hall–Kier alpha value is -0.870. The van der Waals surface area contributed by atoms with E-state index in [1.54, 1.807) is 0 Å². The number of aromatic nitrogens is 2. The molecule has 17 heavy (non-hydrogen) atoms. The van der Waals surface area contributed by atoms with Crippen LogP contribution in [0.3, 0.4) is 0 Å². The quantitative estimate of drug-likeness (QED) is 0.791. The highest BCUT2D eigenvalue weighted by atomic mass is 16.5. The average Bonchev–Trinajstić information content (AvgIpc) is 2.72. The second kappa shape index (κ2) is 5.65. The first-order valence-corrected chi connectivity index (χ1v) is 6.46. The molecular weight excluding hydrogens is 214 g/mol. The summed E-state index contributed by atoms with van der Waals surface area (Å²) < 4.78 is 7.59. The number of imidazole rings is 1. The third kappa shape index (κ3) is 3.54. The largest absolute Gasteiger partial charge is 0.381 e. The molecule has 0 atom stereocenters. The van der Waals surface area contributed by atoms with E-state index in [4.69, 9.17) is 4.74 Å². The second-order valence-electron chi connectivity index (χ2n) is 5.27. The van der Waals surface area contributed by atoms with Crippen LogP contribution in [-0.4, -0.2) is 35.9 Å². The molecule has 4 nitrogen and oxygen atoms in total. The molecule has 0 amide bonds. The minimum absolute atomic E-state index is 0.419. The van der Waals surface area contributed by atoms with E-state index in [2.05, 4.69) is 21.8 Å². The van der Waals surface area contributed by atoms with Crippen LogP contribution in [0.2, 0.25) is 0 Å². The summed E-state index contributed by atoms with van der Waals surface area (Å²) in [6, 6.07) is 0. The number of rotatable bonds is 5. The zero-order valence-electron chi connectivity index (χ0n) is 10.9. The van der Waals surface area contributed by atoms with Gasteiger partial charge < -0.3 is 14.6 Å². The fraction of sp³-hybridized carbons (Fsp3) is 0.769. The molecule has 1 aliphatic rings. The van der Waals surface area contributed by atoms with E-state index in [9.17, 15) is 0 Å². The van der Waals surface area contributed by atoms with Gasteiger partial charge in [-0.15, -0.1) is 0 Å². The maximum Gasteiger partial charge on any atom is 0.105 e. The van der Waals surface area contributed by atoms with Crippen LogP contribution in [-0.2, 0) is 11.3 Å². The molecule has 1 N–H and O–H groups in total. The maximum absolute atomic E-state index is 5.41. The second-order valence-corrected chi connectivity index (χ2v) is 5.27. The van der Waals surface area contributed by atoms with Crippen molar-refractivity contribution in [3.8, 4) is 0 Å². The van der Waals surface area contributed by atoms with Crippen molar-refractivity contribution >= 4 is 0 Å². The molecule has 0 bridgehead atoms. The van der Waals surface area contributed by atoms with Gasteiger partial charge >= 0.3 is 0 Å². The molecule has 1 fully saturated rings. The molecule has 2 heterocycles. The van der Waals surface area contributed by atoms with Crippen LogP contribution in [0.4, 0.5) is 0 Å². The van der Waals surface area contributed by atoms with Gasteiger partial charge in [-0.05, 0) is 25.2 Å². The Bertz CT molecular complexity index is 342. The lowest BCUT2D eigenvalue weighted by Crippen LogP contribution is -2.37. The molecule has 96 valence electrons. The van der Waals surface area contributed by atoms with Gasteiger partial charge in [-0.25, -0.2) is 4.98 Å². The number of aryl methyl sites for hydroxylation is 1. The van der Waals surface area contributed by atoms with Crippen LogP contribution in [0.25, 0.3) is 0 Å². The zero-order valence-corrected chi connectivity index (χ0v) is 10.9. The van der Waals surface area contributed by atoms with Crippen LogP contribution in [0.15, 0.2) is 12.4 Å². The first-order valence-electron chi connectivity index (χ1n) is 6.46.